The molecule has 3 N–H and O–H groups in total. The van der Waals surface area contributed by atoms with Crippen LogP contribution in [-0.2, 0) is 4.79 Å². The Labute approximate surface area is 111 Å². The van der Waals surface area contributed by atoms with E-state index in [0.717, 1.165) is 18.4 Å². The Hall–Kier alpha value is -1.88. The van der Waals surface area contributed by atoms with Crippen LogP contribution in [0.1, 0.15) is 25.7 Å². The molecule has 0 radical (unpaired) electrons. The Bertz CT molecular complexity index is 641. The van der Waals surface area contributed by atoms with Gasteiger partial charge in [0.2, 0.25) is 5.91 Å². The fourth-order valence-corrected chi connectivity index (χ4v) is 2.25. The zero-order chi connectivity index (χ0) is 13.6. The summed E-state index contributed by atoms with van der Waals surface area (Å²) in [7, 11) is 0. The first-order valence-electron chi connectivity index (χ1n) is 6.44. The van der Waals surface area contributed by atoms with Gasteiger partial charge >= 0.3 is 0 Å². The molecule has 1 aromatic carbocycles. The predicted octanol–water partition coefficient (Wildman–Crippen LogP) is 2.20. The number of nitrogens with zero attached hydrogens (tertiary/aromatic N) is 1. The minimum Gasteiger partial charge on any atom is -0.441 e. The summed E-state index contributed by atoms with van der Waals surface area (Å²) in [6.07, 6.45) is 2.06. The summed E-state index contributed by atoms with van der Waals surface area (Å²) in [5.74, 6) is 0.764. The summed E-state index contributed by atoms with van der Waals surface area (Å²) in [4.78, 5) is 16.4. The Morgan fingerprint density at radius 1 is 1.53 bits per heavy atom. The number of hydrogen-bond acceptors (Lipinski definition) is 4. The Kier molecular flexibility index (Phi) is 2.60. The maximum Gasteiger partial charge on any atom is 0.244 e. The number of hydrogen-bond donors (Lipinski definition) is 2. The molecular weight excluding hydrogens is 242 g/mol. The largest absolute Gasteiger partial charge is 0.441 e. The average molecular weight is 259 g/mol. The van der Waals surface area contributed by atoms with Gasteiger partial charge in [0.05, 0.1) is 5.54 Å². The van der Waals surface area contributed by atoms with Crippen molar-refractivity contribution < 1.29 is 9.21 Å². The van der Waals surface area contributed by atoms with Crippen molar-refractivity contribution in [3.63, 3.8) is 0 Å². The number of amides is 1. The van der Waals surface area contributed by atoms with Gasteiger partial charge in [-0.1, -0.05) is 0 Å². The molecule has 1 heterocycles. The van der Waals surface area contributed by atoms with Gasteiger partial charge in [-0.25, -0.2) is 4.98 Å². The van der Waals surface area contributed by atoms with E-state index >= 15 is 0 Å². The van der Waals surface area contributed by atoms with E-state index in [0.29, 0.717) is 23.1 Å². The Morgan fingerprint density at radius 3 is 2.95 bits per heavy atom. The highest BCUT2D eigenvalue weighted by Gasteiger charge is 2.44. The number of carbonyl (C=O) groups is 1. The first-order chi connectivity index (χ1) is 8.96. The van der Waals surface area contributed by atoms with E-state index in [-0.39, 0.29) is 5.91 Å². The topological polar surface area (TPSA) is 81.2 Å². The molecule has 0 saturated heterocycles. The van der Waals surface area contributed by atoms with Gasteiger partial charge < -0.3 is 15.5 Å². The molecule has 5 heteroatoms. The van der Waals surface area contributed by atoms with Crippen LogP contribution in [0.2, 0.25) is 0 Å². The number of rotatable bonds is 3. The van der Waals surface area contributed by atoms with E-state index in [1.54, 1.807) is 32.0 Å². The molecule has 1 unspecified atom stereocenters. The van der Waals surface area contributed by atoms with Crippen LogP contribution in [0, 0.1) is 12.8 Å². The first-order valence-corrected chi connectivity index (χ1v) is 6.44. The highest BCUT2D eigenvalue weighted by atomic mass is 16.3. The van der Waals surface area contributed by atoms with Gasteiger partial charge in [0.1, 0.15) is 5.52 Å². The second-order valence-corrected chi connectivity index (χ2v) is 5.43. The van der Waals surface area contributed by atoms with Crippen molar-refractivity contribution >= 4 is 22.7 Å². The van der Waals surface area contributed by atoms with Gasteiger partial charge in [-0.2, -0.15) is 0 Å². The molecule has 1 saturated carbocycles. The molecule has 0 bridgehead atoms. The number of nitrogens with two attached hydrogens (primary N) is 1. The van der Waals surface area contributed by atoms with Gasteiger partial charge in [0, 0.05) is 12.6 Å². The summed E-state index contributed by atoms with van der Waals surface area (Å²) in [6.45, 7) is 3.58. The quantitative estimate of drug-likeness (QED) is 0.885. The van der Waals surface area contributed by atoms with Crippen LogP contribution in [0.4, 0.5) is 5.69 Å². The summed E-state index contributed by atoms with van der Waals surface area (Å²) >= 11 is 0. The lowest BCUT2D eigenvalue weighted by Gasteiger charge is -2.23. The average Bonchev–Trinajstić information content (AvgIpc) is 3.12. The third-order valence-electron chi connectivity index (χ3n) is 3.67. The standard InChI is InChI=1S/C14H17N3O2/c1-8-16-11-7-10(5-6-12(11)19-8)17-13(18)14(2,15)9-3-4-9/h5-7,9H,3-4,15H2,1-2H3,(H,17,18). The number of aromatic nitrogens is 1. The molecule has 3 rings (SSSR count). The van der Waals surface area contributed by atoms with Crippen molar-refractivity contribution in [3.8, 4) is 0 Å². The summed E-state index contributed by atoms with van der Waals surface area (Å²) in [5, 5.41) is 2.86. The third-order valence-corrected chi connectivity index (χ3v) is 3.67. The van der Waals surface area contributed by atoms with Crippen molar-refractivity contribution in [2.24, 2.45) is 11.7 Å². The molecule has 100 valence electrons. The van der Waals surface area contributed by atoms with E-state index in [4.69, 9.17) is 10.2 Å². The van der Waals surface area contributed by atoms with E-state index in [1.807, 2.05) is 0 Å². The molecule has 1 fully saturated rings. The second kappa shape index (κ2) is 4.06. The van der Waals surface area contributed by atoms with Crippen LogP contribution in [0.5, 0.6) is 0 Å². The smallest absolute Gasteiger partial charge is 0.244 e. The van der Waals surface area contributed by atoms with Crippen LogP contribution in [0.25, 0.3) is 11.1 Å². The van der Waals surface area contributed by atoms with Crippen molar-refractivity contribution in [3.05, 3.63) is 24.1 Å². The lowest BCUT2D eigenvalue weighted by Crippen LogP contribution is -2.50. The summed E-state index contributed by atoms with van der Waals surface area (Å²) < 4.78 is 5.39. The van der Waals surface area contributed by atoms with Crippen LogP contribution in [-0.4, -0.2) is 16.4 Å². The first kappa shape index (κ1) is 12.2. The van der Waals surface area contributed by atoms with Crippen LogP contribution < -0.4 is 11.1 Å². The number of aryl methyl sites for hydroxylation is 1. The van der Waals surface area contributed by atoms with Crippen molar-refractivity contribution in [1.82, 2.24) is 4.98 Å². The zero-order valence-electron chi connectivity index (χ0n) is 11.1. The van der Waals surface area contributed by atoms with Gasteiger partial charge in [0.25, 0.3) is 0 Å². The molecule has 19 heavy (non-hydrogen) atoms. The van der Waals surface area contributed by atoms with E-state index in [9.17, 15) is 4.79 Å². The van der Waals surface area contributed by atoms with Crippen LogP contribution in [0.15, 0.2) is 22.6 Å². The minimum atomic E-state index is -0.797. The molecule has 1 atom stereocenters. The van der Waals surface area contributed by atoms with E-state index in [2.05, 4.69) is 10.3 Å². The number of oxazole rings is 1. The van der Waals surface area contributed by atoms with Crippen molar-refractivity contribution in [2.75, 3.05) is 5.32 Å². The molecule has 0 aliphatic heterocycles. The van der Waals surface area contributed by atoms with Crippen LogP contribution in [0.3, 0.4) is 0 Å². The second-order valence-electron chi connectivity index (χ2n) is 5.43. The van der Waals surface area contributed by atoms with Crippen LogP contribution >= 0.6 is 0 Å². The summed E-state index contributed by atoms with van der Waals surface area (Å²) in [6, 6.07) is 5.40. The molecular formula is C14H17N3O2. The number of fused-ring (bicyclic) bond motifs is 1. The van der Waals surface area contributed by atoms with Gasteiger partial charge in [-0.3, -0.25) is 4.79 Å². The van der Waals surface area contributed by atoms with E-state index < -0.39 is 5.54 Å². The number of anilines is 1. The highest BCUT2D eigenvalue weighted by molar-refractivity contribution is 5.99. The number of benzene rings is 1. The predicted molar refractivity (Wildman–Crippen MR) is 72.7 cm³/mol. The number of nitrogens with one attached hydrogen (secondary N) is 1. The minimum absolute atomic E-state index is 0.144. The van der Waals surface area contributed by atoms with Gasteiger partial charge in [-0.05, 0) is 43.9 Å². The SMILES string of the molecule is Cc1nc2cc(NC(=O)C(C)(N)C3CC3)ccc2o1. The molecule has 5 nitrogen and oxygen atoms in total. The maximum absolute atomic E-state index is 12.2. The van der Waals surface area contributed by atoms with Crippen molar-refractivity contribution in [1.29, 1.82) is 0 Å². The molecule has 1 amide bonds. The fourth-order valence-electron chi connectivity index (χ4n) is 2.25. The molecule has 0 spiro atoms. The third kappa shape index (κ3) is 2.21. The van der Waals surface area contributed by atoms with Gasteiger partial charge in [-0.15, -0.1) is 0 Å². The maximum atomic E-state index is 12.2. The molecule has 2 aromatic rings. The Morgan fingerprint density at radius 2 is 2.26 bits per heavy atom. The lowest BCUT2D eigenvalue weighted by molar-refractivity contribution is -0.121. The Balaban J connectivity index is 1.82. The fraction of sp³-hybridized carbons (Fsp3) is 0.429. The molecule has 1 aliphatic carbocycles. The summed E-state index contributed by atoms with van der Waals surface area (Å²) in [5.41, 5.74) is 7.44. The monoisotopic (exact) mass is 259 g/mol. The zero-order valence-corrected chi connectivity index (χ0v) is 11.1. The number of carbonyl (C=O) groups excluding carboxylic acids is 1. The molecule has 1 aromatic heterocycles. The molecule has 1 aliphatic rings. The normalized spacial score (nSPS) is 18.3. The van der Waals surface area contributed by atoms with Crippen molar-refractivity contribution in [2.45, 2.75) is 32.2 Å². The van der Waals surface area contributed by atoms with Gasteiger partial charge in [0.15, 0.2) is 11.5 Å². The lowest BCUT2D eigenvalue weighted by atomic mass is 9.96. The highest BCUT2D eigenvalue weighted by Crippen LogP contribution is 2.38. The van der Waals surface area contributed by atoms with E-state index in [1.165, 1.54) is 0 Å².